The highest BCUT2D eigenvalue weighted by molar-refractivity contribution is 5.85. The summed E-state index contributed by atoms with van der Waals surface area (Å²) in [6.07, 6.45) is -0.503. The lowest BCUT2D eigenvalue weighted by Gasteiger charge is -2.20. The summed E-state index contributed by atoms with van der Waals surface area (Å²) in [7, 11) is 0. The van der Waals surface area contributed by atoms with Crippen LogP contribution in [0.1, 0.15) is 34.6 Å². The zero-order chi connectivity index (χ0) is 15.3. The Balaban J connectivity index is 2.72. The van der Waals surface area contributed by atoms with Gasteiger partial charge in [-0.05, 0) is 38.8 Å². The Bertz CT molecular complexity index is 465. The lowest BCUT2D eigenvalue weighted by Crippen LogP contribution is -2.27. The summed E-state index contributed by atoms with van der Waals surface area (Å²) in [5.74, 6) is 0.962. The molecule has 0 aromatic heterocycles. The first-order valence-corrected chi connectivity index (χ1v) is 6.69. The van der Waals surface area contributed by atoms with E-state index in [0.717, 1.165) is 0 Å². The van der Waals surface area contributed by atoms with Crippen molar-refractivity contribution in [2.75, 3.05) is 17.7 Å². The van der Waals surface area contributed by atoms with Crippen molar-refractivity contribution >= 4 is 17.5 Å². The van der Waals surface area contributed by atoms with E-state index in [4.69, 9.17) is 15.2 Å². The molecule has 112 valence electrons. The summed E-state index contributed by atoms with van der Waals surface area (Å²) in [6, 6.07) is 5.10. The van der Waals surface area contributed by atoms with Gasteiger partial charge in [0.1, 0.15) is 11.4 Å². The predicted octanol–water partition coefficient (Wildman–Crippen LogP) is 3.65. The Morgan fingerprint density at radius 3 is 2.55 bits per heavy atom. The predicted molar refractivity (Wildman–Crippen MR) is 81.0 cm³/mol. The minimum atomic E-state index is -0.533. The molecule has 0 saturated carbocycles. The molecule has 1 amide bonds. The lowest BCUT2D eigenvalue weighted by molar-refractivity contribution is 0.0636. The van der Waals surface area contributed by atoms with E-state index in [9.17, 15) is 4.79 Å². The molecule has 0 bridgehead atoms. The monoisotopic (exact) mass is 280 g/mol. The highest BCUT2D eigenvalue weighted by atomic mass is 16.6. The molecule has 20 heavy (non-hydrogen) atoms. The van der Waals surface area contributed by atoms with Gasteiger partial charge in [0.05, 0.1) is 12.3 Å². The van der Waals surface area contributed by atoms with Gasteiger partial charge in [0.25, 0.3) is 0 Å². The van der Waals surface area contributed by atoms with Gasteiger partial charge in [-0.2, -0.15) is 0 Å². The third-order valence-corrected chi connectivity index (χ3v) is 2.23. The molecule has 0 unspecified atom stereocenters. The first-order chi connectivity index (χ1) is 9.17. The second-order valence-corrected chi connectivity index (χ2v) is 6.08. The van der Waals surface area contributed by atoms with Crippen molar-refractivity contribution < 1.29 is 14.3 Å². The number of nitrogen functional groups attached to an aromatic ring is 1. The van der Waals surface area contributed by atoms with E-state index in [2.05, 4.69) is 19.2 Å². The number of amides is 1. The number of nitrogens with two attached hydrogens (primary N) is 1. The summed E-state index contributed by atoms with van der Waals surface area (Å²) < 4.78 is 10.8. The smallest absolute Gasteiger partial charge is 0.412 e. The molecule has 5 heteroatoms. The first kappa shape index (κ1) is 16.1. The molecule has 1 aromatic carbocycles. The van der Waals surface area contributed by atoms with E-state index in [0.29, 0.717) is 29.6 Å². The number of benzene rings is 1. The van der Waals surface area contributed by atoms with E-state index >= 15 is 0 Å². The Morgan fingerprint density at radius 1 is 1.35 bits per heavy atom. The molecule has 1 aromatic rings. The molecule has 0 heterocycles. The largest absolute Gasteiger partial charge is 0.491 e. The lowest BCUT2D eigenvalue weighted by atomic mass is 10.2. The minimum Gasteiger partial charge on any atom is -0.491 e. The van der Waals surface area contributed by atoms with Crippen LogP contribution in [-0.2, 0) is 4.74 Å². The van der Waals surface area contributed by atoms with Gasteiger partial charge in [-0.15, -0.1) is 0 Å². The fourth-order valence-electron chi connectivity index (χ4n) is 1.42. The summed E-state index contributed by atoms with van der Waals surface area (Å²) in [6.45, 7) is 10.1. The average Bonchev–Trinajstić information content (AvgIpc) is 2.27. The average molecular weight is 280 g/mol. The summed E-state index contributed by atoms with van der Waals surface area (Å²) in [5, 5.41) is 2.66. The summed E-state index contributed by atoms with van der Waals surface area (Å²) in [5.41, 5.74) is 6.44. The van der Waals surface area contributed by atoms with Crippen LogP contribution in [0.2, 0.25) is 0 Å². The van der Waals surface area contributed by atoms with Gasteiger partial charge in [-0.1, -0.05) is 13.8 Å². The zero-order valence-electron chi connectivity index (χ0n) is 12.8. The molecule has 0 aliphatic heterocycles. The molecule has 1 rings (SSSR count). The van der Waals surface area contributed by atoms with Crippen molar-refractivity contribution in [1.82, 2.24) is 0 Å². The van der Waals surface area contributed by atoms with Gasteiger partial charge < -0.3 is 15.2 Å². The van der Waals surface area contributed by atoms with E-state index in [-0.39, 0.29) is 0 Å². The molecular weight excluding hydrogens is 256 g/mol. The molecule has 0 atom stereocenters. The second-order valence-electron chi connectivity index (χ2n) is 6.08. The van der Waals surface area contributed by atoms with Gasteiger partial charge in [0.2, 0.25) is 0 Å². The quantitative estimate of drug-likeness (QED) is 0.826. The Morgan fingerprint density at radius 2 is 2.00 bits per heavy atom. The van der Waals surface area contributed by atoms with E-state index in [1.807, 2.05) is 20.8 Å². The highest BCUT2D eigenvalue weighted by Crippen LogP contribution is 2.26. The van der Waals surface area contributed by atoms with E-state index in [1.54, 1.807) is 18.2 Å². The SMILES string of the molecule is CC(C)COc1cc(NC(=O)OC(C)(C)C)ccc1N. The fraction of sp³-hybridized carbons (Fsp3) is 0.533. The van der Waals surface area contributed by atoms with Gasteiger partial charge in [0.15, 0.2) is 0 Å². The Labute approximate surface area is 120 Å². The summed E-state index contributed by atoms with van der Waals surface area (Å²) in [4.78, 5) is 11.7. The third kappa shape index (κ3) is 5.82. The second kappa shape index (κ2) is 6.50. The van der Waals surface area contributed by atoms with Crippen molar-refractivity contribution in [3.63, 3.8) is 0 Å². The number of ether oxygens (including phenoxy) is 2. The van der Waals surface area contributed by atoms with Crippen LogP contribution in [0.25, 0.3) is 0 Å². The maximum Gasteiger partial charge on any atom is 0.412 e. The van der Waals surface area contributed by atoms with E-state index < -0.39 is 11.7 Å². The van der Waals surface area contributed by atoms with Crippen LogP contribution >= 0.6 is 0 Å². The van der Waals surface area contributed by atoms with Crippen LogP contribution in [0.15, 0.2) is 18.2 Å². The standard InChI is InChI=1S/C15H24N2O3/c1-10(2)9-19-13-8-11(6-7-12(13)16)17-14(18)20-15(3,4)5/h6-8,10H,9,16H2,1-5H3,(H,17,18). The topological polar surface area (TPSA) is 73.6 Å². The van der Waals surface area contributed by atoms with Crippen molar-refractivity contribution in [2.45, 2.75) is 40.2 Å². The molecule has 0 saturated heterocycles. The number of carbonyl (C=O) groups excluding carboxylic acids is 1. The molecular formula is C15H24N2O3. The molecule has 0 radical (unpaired) electrons. The van der Waals surface area contributed by atoms with Crippen LogP contribution in [-0.4, -0.2) is 18.3 Å². The highest BCUT2D eigenvalue weighted by Gasteiger charge is 2.16. The number of anilines is 2. The Hall–Kier alpha value is -1.91. The zero-order valence-corrected chi connectivity index (χ0v) is 12.8. The normalized spacial score (nSPS) is 11.3. The molecule has 0 fully saturated rings. The molecule has 0 aliphatic carbocycles. The van der Waals surface area contributed by atoms with Crippen LogP contribution < -0.4 is 15.8 Å². The maximum absolute atomic E-state index is 11.7. The number of hydrogen-bond acceptors (Lipinski definition) is 4. The van der Waals surface area contributed by atoms with Gasteiger partial charge in [0, 0.05) is 11.8 Å². The molecule has 0 spiro atoms. The van der Waals surface area contributed by atoms with Gasteiger partial charge in [-0.3, -0.25) is 5.32 Å². The maximum atomic E-state index is 11.7. The van der Waals surface area contributed by atoms with Crippen molar-refractivity contribution in [1.29, 1.82) is 0 Å². The number of carbonyl (C=O) groups is 1. The first-order valence-electron chi connectivity index (χ1n) is 6.69. The van der Waals surface area contributed by atoms with Gasteiger partial charge >= 0.3 is 6.09 Å². The van der Waals surface area contributed by atoms with Crippen molar-refractivity contribution in [2.24, 2.45) is 5.92 Å². The van der Waals surface area contributed by atoms with Gasteiger partial charge in [-0.25, -0.2) is 4.79 Å². The fourth-order valence-corrected chi connectivity index (χ4v) is 1.42. The molecule has 3 N–H and O–H groups in total. The van der Waals surface area contributed by atoms with Crippen LogP contribution in [0.5, 0.6) is 5.75 Å². The van der Waals surface area contributed by atoms with Crippen molar-refractivity contribution in [3.8, 4) is 5.75 Å². The van der Waals surface area contributed by atoms with Crippen LogP contribution in [0.3, 0.4) is 0 Å². The third-order valence-electron chi connectivity index (χ3n) is 2.23. The molecule has 0 aliphatic rings. The number of hydrogen-bond donors (Lipinski definition) is 2. The summed E-state index contributed by atoms with van der Waals surface area (Å²) >= 11 is 0. The van der Waals surface area contributed by atoms with E-state index in [1.165, 1.54) is 0 Å². The molecule has 5 nitrogen and oxygen atoms in total. The van der Waals surface area contributed by atoms with Crippen molar-refractivity contribution in [3.05, 3.63) is 18.2 Å². The number of rotatable bonds is 4. The minimum absolute atomic E-state index is 0.400. The van der Waals surface area contributed by atoms with Crippen LogP contribution in [0, 0.1) is 5.92 Å². The Kier molecular flexibility index (Phi) is 5.25. The van der Waals surface area contributed by atoms with Crippen LogP contribution in [0.4, 0.5) is 16.2 Å². The number of nitrogens with one attached hydrogen (secondary N) is 1.